The first-order chi connectivity index (χ1) is 10.2. The third kappa shape index (κ3) is 2.67. The van der Waals surface area contributed by atoms with Crippen molar-refractivity contribution in [2.24, 2.45) is 0 Å². The van der Waals surface area contributed by atoms with Gasteiger partial charge in [0.2, 0.25) is 0 Å². The van der Waals surface area contributed by atoms with Crippen molar-refractivity contribution in [3.63, 3.8) is 0 Å². The minimum absolute atomic E-state index is 0.550. The van der Waals surface area contributed by atoms with Crippen LogP contribution in [0.4, 0.5) is 0 Å². The Morgan fingerprint density at radius 3 is 2.62 bits per heavy atom. The number of aromatic nitrogens is 4. The summed E-state index contributed by atoms with van der Waals surface area (Å²) in [6.07, 6.45) is 6.17. The van der Waals surface area contributed by atoms with Crippen molar-refractivity contribution in [1.29, 1.82) is 0 Å². The lowest BCUT2D eigenvalue weighted by Crippen LogP contribution is -1.94. The highest BCUT2D eigenvalue weighted by Crippen LogP contribution is 2.22. The summed E-state index contributed by atoms with van der Waals surface area (Å²) in [5, 5.41) is 8.74. The monoisotopic (exact) mass is 344 g/mol. The zero-order valence-corrected chi connectivity index (χ0v) is 13.0. The third-order valence-electron chi connectivity index (χ3n) is 3.19. The Morgan fingerprint density at radius 2 is 2.00 bits per heavy atom. The number of aryl methyl sites for hydroxylation is 1. The van der Waals surface area contributed by atoms with Crippen LogP contribution in [0.1, 0.15) is 17.3 Å². The van der Waals surface area contributed by atoms with E-state index in [9.17, 15) is 4.79 Å². The lowest BCUT2D eigenvalue weighted by Gasteiger charge is -2.00. The lowest BCUT2D eigenvalue weighted by molar-refractivity contribution is 0.112. The second kappa shape index (κ2) is 5.65. The average molecular weight is 345 g/mol. The van der Waals surface area contributed by atoms with Crippen LogP contribution in [-0.4, -0.2) is 25.8 Å². The molecule has 2 heterocycles. The average Bonchev–Trinajstić information content (AvgIpc) is 3.14. The SMILES string of the molecule is CCn1cc(-c2nn(-c3ccc(Br)cc3)cc2C=O)cn1. The molecule has 0 unspecified atom stereocenters. The minimum Gasteiger partial charge on any atom is -0.298 e. The van der Waals surface area contributed by atoms with E-state index in [1.165, 1.54) is 0 Å². The van der Waals surface area contributed by atoms with Gasteiger partial charge in [-0.15, -0.1) is 0 Å². The smallest absolute Gasteiger partial charge is 0.153 e. The largest absolute Gasteiger partial charge is 0.298 e. The van der Waals surface area contributed by atoms with Gasteiger partial charge in [-0.2, -0.15) is 10.2 Å². The van der Waals surface area contributed by atoms with Crippen molar-refractivity contribution < 1.29 is 4.79 Å². The summed E-state index contributed by atoms with van der Waals surface area (Å²) in [7, 11) is 0. The maximum absolute atomic E-state index is 11.3. The molecule has 3 aromatic rings. The Morgan fingerprint density at radius 1 is 1.24 bits per heavy atom. The number of carbonyl (C=O) groups is 1. The maximum Gasteiger partial charge on any atom is 0.153 e. The molecule has 0 amide bonds. The second-order valence-electron chi connectivity index (χ2n) is 4.56. The van der Waals surface area contributed by atoms with Crippen LogP contribution in [-0.2, 0) is 6.54 Å². The fourth-order valence-electron chi connectivity index (χ4n) is 2.08. The van der Waals surface area contributed by atoms with Crippen LogP contribution in [0.15, 0.2) is 47.3 Å². The predicted molar refractivity (Wildman–Crippen MR) is 83.5 cm³/mol. The number of rotatable bonds is 4. The quantitative estimate of drug-likeness (QED) is 0.682. The van der Waals surface area contributed by atoms with Crippen molar-refractivity contribution in [2.75, 3.05) is 0 Å². The van der Waals surface area contributed by atoms with Crippen LogP contribution < -0.4 is 0 Å². The molecule has 0 aliphatic rings. The van der Waals surface area contributed by atoms with Crippen molar-refractivity contribution >= 4 is 22.2 Å². The second-order valence-corrected chi connectivity index (χ2v) is 5.47. The molecule has 0 spiro atoms. The summed E-state index contributed by atoms with van der Waals surface area (Å²) < 4.78 is 4.51. The Bertz CT molecular complexity index is 773. The Balaban J connectivity index is 2.05. The van der Waals surface area contributed by atoms with E-state index in [4.69, 9.17) is 0 Å². The molecule has 0 fully saturated rings. The van der Waals surface area contributed by atoms with Crippen LogP contribution in [0.25, 0.3) is 16.9 Å². The number of hydrogen-bond donors (Lipinski definition) is 0. The van der Waals surface area contributed by atoms with Gasteiger partial charge in [0.15, 0.2) is 6.29 Å². The molecule has 2 aromatic heterocycles. The van der Waals surface area contributed by atoms with E-state index < -0.39 is 0 Å². The first kappa shape index (κ1) is 13.8. The van der Waals surface area contributed by atoms with Gasteiger partial charge in [0.25, 0.3) is 0 Å². The number of benzene rings is 1. The van der Waals surface area contributed by atoms with E-state index in [1.807, 2.05) is 42.1 Å². The van der Waals surface area contributed by atoms with E-state index in [1.54, 1.807) is 17.1 Å². The standard InChI is InChI=1S/C15H13BrN4O/c1-2-19-8-11(7-17-19)15-12(10-21)9-20(18-15)14-5-3-13(16)4-6-14/h3-10H,2H2,1H3. The molecule has 0 radical (unpaired) electrons. The number of nitrogens with zero attached hydrogens (tertiary/aromatic N) is 4. The van der Waals surface area contributed by atoms with Gasteiger partial charge in [-0.3, -0.25) is 9.48 Å². The molecule has 0 saturated carbocycles. The third-order valence-corrected chi connectivity index (χ3v) is 3.72. The van der Waals surface area contributed by atoms with Gasteiger partial charge in [-0.05, 0) is 31.2 Å². The highest BCUT2D eigenvalue weighted by atomic mass is 79.9. The highest BCUT2D eigenvalue weighted by Gasteiger charge is 2.13. The Kier molecular flexibility index (Phi) is 3.70. The van der Waals surface area contributed by atoms with E-state index in [0.717, 1.165) is 28.6 Å². The number of carbonyl (C=O) groups excluding carboxylic acids is 1. The van der Waals surface area contributed by atoms with Gasteiger partial charge in [0.1, 0.15) is 5.69 Å². The Labute approximate surface area is 130 Å². The number of halogens is 1. The molecule has 6 heteroatoms. The molecule has 21 heavy (non-hydrogen) atoms. The van der Waals surface area contributed by atoms with Gasteiger partial charge >= 0.3 is 0 Å². The van der Waals surface area contributed by atoms with Crippen molar-refractivity contribution in [1.82, 2.24) is 19.6 Å². The van der Waals surface area contributed by atoms with E-state index in [2.05, 4.69) is 26.1 Å². The fraction of sp³-hybridized carbons (Fsp3) is 0.133. The number of hydrogen-bond acceptors (Lipinski definition) is 3. The summed E-state index contributed by atoms with van der Waals surface area (Å²) in [6.45, 7) is 2.79. The molecule has 0 atom stereocenters. The molecule has 0 bridgehead atoms. The van der Waals surface area contributed by atoms with E-state index >= 15 is 0 Å². The number of aldehydes is 1. The fourth-order valence-corrected chi connectivity index (χ4v) is 2.35. The van der Waals surface area contributed by atoms with Gasteiger partial charge in [-0.1, -0.05) is 15.9 Å². The van der Waals surface area contributed by atoms with Crippen LogP contribution in [0.5, 0.6) is 0 Å². The summed E-state index contributed by atoms with van der Waals surface area (Å²) in [4.78, 5) is 11.3. The molecular formula is C15H13BrN4O. The molecule has 1 aromatic carbocycles. The van der Waals surface area contributed by atoms with Crippen LogP contribution in [0.2, 0.25) is 0 Å². The first-order valence-electron chi connectivity index (χ1n) is 6.55. The van der Waals surface area contributed by atoms with Crippen LogP contribution in [0, 0.1) is 0 Å². The van der Waals surface area contributed by atoms with Gasteiger partial charge in [0.05, 0.1) is 17.4 Å². The summed E-state index contributed by atoms with van der Waals surface area (Å²) in [5.74, 6) is 0. The first-order valence-corrected chi connectivity index (χ1v) is 7.34. The summed E-state index contributed by atoms with van der Waals surface area (Å²) >= 11 is 3.40. The minimum atomic E-state index is 0.550. The topological polar surface area (TPSA) is 52.7 Å². The van der Waals surface area contributed by atoms with Crippen LogP contribution >= 0.6 is 15.9 Å². The molecule has 5 nitrogen and oxygen atoms in total. The predicted octanol–water partition coefficient (Wildman–Crippen LogP) is 3.33. The molecule has 0 N–H and O–H groups in total. The lowest BCUT2D eigenvalue weighted by atomic mass is 10.2. The van der Waals surface area contributed by atoms with E-state index in [-0.39, 0.29) is 0 Å². The van der Waals surface area contributed by atoms with Crippen molar-refractivity contribution in [3.8, 4) is 16.9 Å². The maximum atomic E-state index is 11.3. The Hall–Kier alpha value is -2.21. The van der Waals surface area contributed by atoms with Gasteiger partial charge in [-0.25, -0.2) is 4.68 Å². The molecular weight excluding hydrogens is 332 g/mol. The molecule has 0 saturated heterocycles. The molecule has 106 valence electrons. The normalized spacial score (nSPS) is 10.8. The van der Waals surface area contributed by atoms with Gasteiger partial charge < -0.3 is 0 Å². The van der Waals surface area contributed by atoms with Crippen molar-refractivity contribution in [3.05, 3.63) is 52.9 Å². The van der Waals surface area contributed by atoms with Crippen LogP contribution in [0.3, 0.4) is 0 Å². The highest BCUT2D eigenvalue weighted by molar-refractivity contribution is 9.10. The zero-order valence-electron chi connectivity index (χ0n) is 11.4. The summed E-state index contributed by atoms with van der Waals surface area (Å²) in [5.41, 5.74) is 2.94. The zero-order chi connectivity index (χ0) is 14.8. The van der Waals surface area contributed by atoms with Crippen molar-refractivity contribution in [2.45, 2.75) is 13.5 Å². The summed E-state index contributed by atoms with van der Waals surface area (Å²) in [6, 6.07) is 7.74. The molecule has 0 aliphatic heterocycles. The molecule has 0 aliphatic carbocycles. The van der Waals surface area contributed by atoms with E-state index in [0.29, 0.717) is 11.3 Å². The molecule has 3 rings (SSSR count). The van der Waals surface area contributed by atoms with Gasteiger partial charge in [0, 0.05) is 29.0 Å².